The normalized spacial score (nSPS) is 17.4. The summed E-state index contributed by atoms with van der Waals surface area (Å²) < 4.78 is 5.31. The molecule has 0 unspecified atom stereocenters. The Morgan fingerprint density at radius 1 is 1.45 bits per heavy atom. The molecule has 0 spiro atoms. The summed E-state index contributed by atoms with van der Waals surface area (Å²) in [6.07, 6.45) is 0. The van der Waals surface area contributed by atoms with Gasteiger partial charge in [-0.25, -0.2) is 4.79 Å². The maximum absolute atomic E-state index is 12.1. The van der Waals surface area contributed by atoms with Crippen molar-refractivity contribution in [2.45, 2.75) is 26.4 Å². The van der Waals surface area contributed by atoms with Gasteiger partial charge in [0.05, 0.1) is 12.1 Å². The summed E-state index contributed by atoms with van der Waals surface area (Å²) in [4.78, 5) is 26.3. The average Bonchev–Trinajstić information content (AvgIpc) is 2.31. The van der Waals surface area contributed by atoms with Crippen LogP contribution in [0.25, 0.3) is 0 Å². The molecule has 0 atom stereocenters. The molecule has 1 heterocycles. The van der Waals surface area contributed by atoms with Crippen molar-refractivity contribution in [2.24, 2.45) is 0 Å². The Kier molecular flexibility index (Phi) is 5.71. The quantitative estimate of drug-likeness (QED) is 0.661. The highest BCUT2D eigenvalue weighted by atomic mass is 16.5. The van der Waals surface area contributed by atoms with Crippen LogP contribution in [0.4, 0.5) is 0 Å². The highest BCUT2D eigenvalue weighted by Gasteiger charge is 2.41. The standard InChI is InChI=1S/C14H24N2O4/c1-5-16(6-11(2)3)12(17)7-15-9-14(4,10-15)20-8-13(18)19/h2,5-10H2,1,3-4H3,(H,18,19). The number of ether oxygens (including phenoxy) is 1. The number of rotatable bonds is 8. The van der Waals surface area contributed by atoms with Gasteiger partial charge >= 0.3 is 5.97 Å². The number of likely N-dealkylation sites (N-methyl/N-ethyl adjacent to an activating group) is 1. The lowest BCUT2D eigenvalue weighted by molar-refractivity contribution is -0.167. The van der Waals surface area contributed by atoms with Gasteiger partial charge in [0.1, 0.15) is 6.61 Å². The zero-order valence-electron chi connectivity index (χ0n) is 12.5. The van der Waals surface area contributed by atoms with E-state index in [-0.39, 0.29) is 12.5 Å². The lowest BCUT2D eigenvalue weighted by Crippen LogP contribution is -2.63. The van der Waals surface area contributed by atoms with Gasteiger partial charge in [0.25, 0.3) is 0 Å². The summed E-state index contributed by atoms with van der Waals surface area (Å²) in [5.74, 6) is -0.907. The van der Waals surface area contributed by atoms with Crippen LogP contribution < -0.4 is 0 Å². The fourth-order valence-corrected chi connectivity index (χ4v) is 2.33. The molecule has 6 nitrogen and oxygen atoms in total. The molecule has 114 valence electrons. The van der Waals surface area contributed by atoms with Crippen LogP contribution in [0.1, 0.15) is 20.8 Å². The van der Waals surface area contributed by atoms with E-state index < -0.39 is 11.6 Å². The predicted molar refractivity (Wildman–Crippen MR) is 75.5 cm³/mol. The van der Waals surface area contributed by atoms with Crippen LogP contribution in [-0.2, 0) is 14.3 Å². The fourth-order valence-electron chi connectivity index (χ4n) is 2.33. The number of carbonyl (C=O) groups excluding carboxylic acids is 1. The third kappa shape index (κ3) is 4.94. The molecule has 1 aliphatic rings. The third-order valence-electron chi connectivity index (χ3n) is 3.21. The van der Waals surface area contributed by atoms with E-state index in [0.717, 1.165) is 5.57 Å². The van der Waals surface area contributed by atoms with Crippen molar-refractivity contribution in [1.82, 2.24) is 9.80 Å². The molecule has 1 amide bonds. The van der Waals surface area contributed by atoms with Gasteiger partial charge in [0.2, 0.25) is 5.91 Å². The Labute approximate surface area is 120 Å². The van der Waals surface area contributed by atoms with Gasteiger partial charge in [-0.1, -0.05) is 12.2 Å². The topological polar surface area (TPSA) is 70.1 Å². The van der Waals surface area contributed by atoms with E-state index in [1.54, 1.807) is 4.90 Å². The molecule has 0 aromatic rings. The third-order valence-corrected chi connectivity index (χ3v) is 3.21. The molecule has 1 N–H and O–H groups in total. The monoisotopic (exact) mass is 284 g/mol. The van der Waals surface area contributed by atoms with Gasteiger partial charge in [0, 0.05) is 26.2 Å². The van der Waals surface area contributed by atoms with Crippen LogP contribution in [0.2, 0.25) is 0 Å². The molecule has 0 saturated carbocycles. The van der Waals surface area contributed by atoms with Gasteiger partial charge in [-0.05, 0) is 20.8 Å². The number of hydrogen-bond donors (Lipinski definition) is 1. The Balaban J connectivity index is 2.35. The van der Waals surface area contributed by atoms with Gasteiger partial charge in [-0.15, -0.1) is 0 Å². The molecule has 0 bridgehead atoms. The summed E-state index contributed by atoms with van der Waals surface area (Å²) in [6.45, 7) is 12.0. The van der Waals surface area contributed by atoms with Crippen molar-refractivity contribution in [3.8, 4) is 0 Å². The number of hydrogen-bond acceptors (Lipinski definition) is 4. The highest BCUT2D eigenvalue weighted by Crippen LogP contribution is 2.24. The minimum Gasteiger partial charge on any atom is -0.480 e. The largest absolute Gasteiger partial charge is 0.480 e. The van der Waals surface area contributed by atoms with Gasteiger partial charge in [-0.2, -0.15) is 0 Å². The van der Waals surface area contributed by atoms with Crippen LogP contribution >= 0.6 is 0 Å². The predicted octanol–water partition coefficient (Wildman–Crippen LogP) is 0.587. The first-order valence-electron chi connectivity index (χ1n) is 6.76. The zero-order valence-corrected chi connectivity index (χ0v) is 12.5. The molecule has 0 aromatic heterocycles. The van der Waals surface area contributed by atoms with E-state index >= 15 is 0 Å². The van der Waals surface area contributed by atoms with Crippen LogP contribution in [0.5, 0.6) is 0 Å². The van der Waals surface area contributed by atoms with Crippen LogP contribution in [0.15, 0.2) is 12.2 Å². The van der Waals surface area contributed by atoms with E-state index in [4.69, 9.17) is 9.84 Å². The van der Waals surface area contributed by atoms with Gasteiger partial charge < -0.3 is 14.7 Å². The van der Waals surface area contributed by atoms with E-state index in [1.807, 2.05) is 25.7 Å². The summed E-state index contributed by atoms with van der Waals surface area (Å²) >= 11 is 0. The molecule has 1 rings (SSSR count). The lowest BCUT2D eigenvalue weighted by Gasteiger charge is -2.47. The molecule has 1 aliphatic heterocycles. The Morgan fingerprint density at radius 3 is 2.50 bits per heavy atom. The van der Waals surface area contributed by atoms with Crippen LogP contribution in [0.3, 0.4) is 0 Å². The van der Waals surface area contributed by atoms with Crippen LogP contribution in [-0.4, -0.2) is 71.7 Å². The zero-order chi connectivity index (χ0) is 15.3. The van der Waals surface area contributed by atoms with E-state index in [9.17, 15) is 9.59 Å². The van der Waals surface area contributed by atoms with Crippen LogP contribution in [0, 0.1) is 0 Å². The van der Waals surface area contributed by atoms with E-state index in [0.29, 0.717) is 32.7 Å². The maximum Gasteiger partial charge on any atom is 0.329 e. The molecule has 1 saturated heterocycles. The molecular formula is C14H24N2O4. The fraction of sp³-hybridized carbons (Fsp3) is 0.714. The Morgan fingerprint density at radius 2 is 2.05 bits per heavy atom. The van der Waals surface area contributed by atoms with E-state index in [1.165, 1.54) is 0 Å². The van der Waals surface area contributed by atoms with Gasteiger partial charge in [0.15, 0.2) is 0 Å². The first-order valence-corrected chi connectivity index (χ1v) is 6.76. The molecule has 0 aromatic carbocycles. The summed E-state index contributed by atoms with van der Waals surface area (Å²) in [7, 11) is 0. The Bertz CT molecular complexity index is 389. The van der Waals surface area contributed by atoms with Crippen molar-refractivity contribution in [1.29, 1.82) is 0 Å². The number of likely N-dealkylation sites (tertiary alicyclic amines) is 1. The minimum absolute atomic E-state index is 0.0655. The van der Waals surface area contributed by atoms with Crippen molar-refractivity contribution >= 4 is 11.9 Å². The first-order chi connectivity index (χ1) is 9.25. The summed E-state index contributed by atoms with van der Waals surface area (Å²) in [6, 6.07) is 0. The second-order valence-electron chi connectivity index (χ2n) is 5.64. The highest BCUT2D eigenvalue weighted by molar-refractivity contribution is 5.78. The van der Waals surface area contributed by atoms with Crippen molar-refractivity contribution in [2.75, 3.05) is 39.3 Å². The molecular weight excluding hydrogens is 260 g/mol. The van der Waals surface area contributed by atoms with Crippen molar-refractivity contribution in [3.63, 3.8) is 0 Å². The number of carboxylic acid groups (broad SMARTS) is 1. The average molecular weight is 284 g/mol. The lowest BCUT2D eigenvalue weighted by atomic mass is 9.96. The Hall–Kier alpha value is -1.40. The second-order valence-corrected chi connectivity index (χ2v) is 5.64. The first kappa shape index (κ1) is 16.7. The molecule has 0 aliphatic carbocycles. The smallest absolute Gasteiger partial charge is 0.329 e. The van der Waals surface area contributed by atoms with Crippen molar-refractivity contribution in [3.05, 3.63) is 12.2 Å². The molecule has 20 heavy (non-hydrogen) atoms. The number of carboxylic acids is 1. The second kappa shape index (κ2) is 6.85. The van der Waals surface area contributed by atoms with Gasteiger partial charge in [-0.3, -0.25) is 9.69 Å². The van der Waals surface area contributed by atoms with E-state index in [2.05, 4.69) is 6.58 Å². The number of amides is 1. The molecule has 6 heteroatoms. The molecule has 1 fully saturated rings. The molecule has 0 radical (unpaired) electrons. The summed E-state index contributed by atoms with van der Waals surface area (Å²) in [5, 5.41) is 8.59. The van der Waals surface area contributed by atoms with Crippen molar-refractivity contribution < 1.29 is 19.4 Å². The minimum atomic E-state index is -0.973. The number of nitrogens with zero attached hydrogens (tertiary/aromatic N) is 2. The SMILES string of the molecule is C=C(C)CN(CC)C(=O)CN1CC(C)(OCC(=O)O)C1. The number of aliphatic carboxylic acids is 1. The maximum atomic E-state index is 12.1. The number of carbonyl (C=O) groups is 2. The summed E-state index contributed by atoms with van der Waals surface area (Å²) in [5.41, 5.74) is 0.503.